The summed E-state index contributed by atoms with van der Waals surface area (Å²) in [5.74, 6) is 1.27. The minimum Gasteiger partial charge on any atom is -0.381 e. The Labute approximate surface area is 91.4 Å². The fourth-order valence-electron chi connectivity index (χ4n) is 2.42. The molecule has 0 spiro atoms. The van der Waals surface area contributed by atoms with Gasteiger partial charge >= 0.3 is 0 Å². The molecule has 0 aliphatic carbocycles. The molecule has 0 amide bonds. The Morgan fingerprint density at radius 1 is 1.13 bits per heavy atom. The third kappa shape index (κ3) is 3.03. The van der Waals surface area contributed by atoms with Gasteiger partial charge in [0.2, 0.25) is 0 Å². The Morgan fingerprint density at radius 3 is 2.67 bits per heavy atom. The summed E-state index contributed by atoms with van der Waals surface area (Å²) in [4.78, 5) is 0. The van der Waals surface area contributed by atoms with E-state index < -0.39 is 0 Å². The summed E-state index contributed by atoms with van der Waals surface area (Å²) >= 11 is 0. The third-order valence-electron chi connectivity index (χ3n) is 3.29. The number of ether oxygens (including phenoxy) is 3. The first-order chi connectivity index (χ1) is 7.40. The van der Waals surface area contributed by atoms with Crippen LogP contribution in [0.2, 0.25) is 0 Å². The van der Waals surface area contributed by atoms with Crippen LogP contribution in [0.4, 0.5) is 0 Å². The molecule has 2 saturated heterocycles. The van der Waals surface area contributed by atoms with Crippen molar-refractivity contribution in [2.24, 2.45) is 11.8 Å². The van der Waals surface area contributed by atoms with Crippen LogP contribution in [0.25, 0.3) is 0 Å². The van der Waals surface area contributed by atoms with Gasteiger partial charge in [-0.2, -0.15) is 0 Å². The van der Waals surface area contributed by atoms with Crippen molar-refractivity contribution >= 4 is 0 Å². The van der Waals surface area contributed by atoms with Crippen LogP contribution in [-0.2, 0) is 14.2 Å². The van der Waals surface area contributed by atoms with Crippen LogP contribution >= 0.6 is 0 Å². The molecule has 0 aromatic rings. The average Bonchev–Trinajstić information content (AvgIpc) is 2.74. The first-order valence-corrected chi connectivity index (χ1v) is 5.82. The molecule has 0 bridgehead atoms. The van der Waals surface area contributed by atoms with Gasteiger partial charge in [0.25, 0.3) is 0 Å². The minimum atomic E-state index is 0.00372. The monoisotopic (exact) mass is 212 g/mol. The second-order valence-corrected chi connectivity index (χ2v) is 4.31. The fraction of sp³-hybridized carbons (Fsp3) is 0.833. The molecule has 2 fully saturated rings. The van der Waals surface area contributed by atoms with E-state index >= 15 is 0 Å². The maximum Gasteiger partial charge on any atom is 0.158 e. The summed E-state index contributed by atoms with van der Waals surface area (Å²) in [6.07, 6.45) is 5.21. The van der Waals surface area contributed by atoms with Crippen molar-refractivity contribution in [2.75, 3.05) is 26.4 Å². The van der Waals surface area contributed by atoms with E-state index in [0.29, 0.717) is 11.8 Å². The van der Waals surface area contributed by atoms with E-state index in [2.05, 4.69) is 6.58 Å². The van der Waals surface area contributed by atoms with Crippen molar-refractivity contribution < 1.29 is 14.2 Å². The van der Waals surface area contributed by atoms with Gasteiger partial charge in [0.05, 0.1) is 13.2 Å². The van der Waals surface area contributed by atoms with Crippen LogP contribution in [0.5, 0.6) is 0 Å². The molecule has 0 aromatic carbocycles. The Bertz CT molecular complexity index is 199. The summed E-state index contributed by atoms with van der Waals surface area (Å²) in [5.41, 5.74) is 0. The van der Waals surface area contributed by atoms with Crippen molar-refractivity contribution in [3.05, 3.63) is 12.7 Å². The van der Waals surface area contributed by atoms with Gasteiger partial charge in [0.1, 0.15) is 0 Å². The quantitative estimate of drug-likeness (QED) is 0.667. The van der Waals surface area contributed by atoms with Crippen molar-refractivity contribution in [1.29, 1.82) is 0 Å². The normalized spacial score (nSPS) is 33.1. The summed E-state index contributed by atoms with van der Waals surface area (Å²) in [6, 6.07) is 0. The number of rotatable bonds is 4. The van der Waals surface area contributed by atoms with Gasteiger partial charge in [-0.25, -0.2) is 0 Å². The Hall–Kier alpha value is -0.380. The lowest BCUT2D eigenvalue weighted by atomic mass is 9.83. The lowest BCUT2D eigenvalue weighted by Crippen LogP contribution is -2.30. The highest BCUT2D eigenvalue weighted by Gasteiger charge is 2.29. The molecule has 3 nitrogen and oxygen atoms in total. The maximum absolute atomic E-state index is 5.52. The smallest absolute Gasteiger partial charge is 0.158 e. The molecule has 3 heteroatoms. The molecule has 0 aromatic heterocycles. The Morgan fingerprint density at radius 2 is 1.93 bits per heavy atom. The Balaban J connectivity index is 1.83. The van der Waals surface area contributed by atoms with E-state index in [1.54, 1.807) is 0 Å². The number of allylic oxidation sites excluding steroid dienone is 1. The van der Waals surface area contributed by atoms with Crippen LogP contribution in [0.3, 0.4) is 0 Å². The molecule has 15 heavy (non-hydrogen) atoms. The molecule has 2 heterocycles. The van der Waals surface area contributed by atoms with Crippen LogP contribution in [0.1, 0.15) is 19.3 Å². The molecule has 2 unspecified atom stereocenters. The zero-order valence-corrected chi connectivity index (χ0v) is 9.19. The highest BCUT2D eigenvalue weighted by Crippen LogP contribution is 2.30. The molecular formula is C12H20O3. The topological polar surface area (TPSA) is 27.7 Å². The van der Waals surface area contributed by atoms with Crippen LogP contribution < -0.4 is 0 Å². The largest absolute Gasteiger partial charge is 0.381 e. The molecule has 2 atom stereocenters. The summed E-state index contributed by atoms with van der Waals surface area (Å²) in [5, 5.41) is 0. The van der Waals surface area contributed by atoms with E-state index in [0.717, 1.165) is 45.7 Å². The van der Waals surface area contributed by atoms with Gasteiger partial charge < -0.3 is 14.2 Å². The fourth-order valence-corrected chi connectivity index (χ4v) is 2.42. The lowest BCUT2D eigenvalue weighted by molar-refractivity contribution is -0.0834. The van der Waals surface area contributed by atoms with E-state index in [4.69, 9.17) is 14.2 Å². The predicted octanol–water partition coefficient (Wildman–Crippen LogP) is 1.98. The predicted molar refractivity (Wildman–Crippen MR) is 57.5 cm³/mol. The highest BCUT2D eigenvalue weighted by molar-refractivity contribution is 4.81. The van der Waals surface area contributed by atoms with Crippen molar-refractivity contribution in [3.63, 3.8) is 0 Å². The van der Waals surface area contributed by atoms with Gasteiger partial charge in [-0.3, -0.25) is 0 Å². The SMILES string of the molecule is C=CCC1CCOCC1CC1OCCO1. The number of hydrogen-bond acceptors (Lipinski definition) is 3. The van der Waals surface area contributed by atoms with Crippen LogP contribution in [-0.4, -0.2) is 32.7 Å². The summed E-state index contributed by atoms with van der Waals surface area (Å²) in [7, 11) is 0. The standard InChI is InChI=1S/C12H20O3/c1-2-3-10-4-5-13-9-11(10)8-12-14-6-7-15-12/h2,10-12H,1,3-9H2. The Kier molecular flexibility index (Phi) is 4.18. The number of hydrogen-bond donors (Lipinski definition) is 0. The molecule has 2 aliphatic rings. The highest BCUT2D eigenvalue weighted by atomic mass is 16.7. The molecular weight excluding hydrogens is 192 g/mol. The zero-order chi connectivity index (χ0) is 10.5. The summed E-state index contributed by atoms with van der Waals surface area (Å²) < 4.78 is 16.5. The first-order valence-electron chi connectivity index (χ1n) is 5.82. The second-order valence-electron chi connectivity index (χ2n) is 4.31. The molecule has 0 saturated carbocycles. The van der Waals surface area contributed by atoms with E-state index in [-0.39, 0.29) is 6.29 Å². The van der Waals surface area contributed by atoms with Crippen LogP contribution in [0.15, 0.2) is 12.7 Å². The van der Waals surface area contributed by atoms with Gasteiger partial charge in [-0.1, -0.05) is 6.08 Å². The summed E-state index contributed by atoms with van der Waals surface area (Å²) in [6.45, 7) is 7.04. The van der Waals surface area contributed by atoms with Crippen LogP contribution in [0, 0.1) is 11.8 Å². The van der Waals surface area contributed by atoms with Gasteiger partial charge in [-0.05, 0) is 24.7 Å². The first kappa shape index (κ1) is 11.1. The molecule has 86 valence electrons. The lowest BCUT2D eigenvalue weighted by Gasteiger charge is -2.32. The second kappa shape index (κ2) is 5.64. The van der Waals surface area contributed by atoms with E-state index in [9.17, 15) is 0 Å². The molecule has 0 radical (unpaired) electrons. The maximum atomic E-state index is 5.52. The minimum absolute atomic E-state index is 0.00372. The van der Waals surface area contributed by atoms with Gasteiger partial charge in [0.15, 0.2) is 6.29 Å². The van der Waals surface area contributed by atoms with Crippen molar-refractivity contribution in [3.8, 4) is 0 Å². The average molecular weight is 212 g/mol. The van der Waals surface area contributed by atoms with E-state index in [1.165, 1.54) is 0 Å². The zero-order valence-electron chi connectivity index (χ0n) is 9.19. The van der Waals surface area contributed by atoms with Crippen molar-refractivity contribution in [1.82, 2.24) is 0 Å². The van der Waals surface area contributed by atoms with E-state index in [1.807, 2.05) is 6.08 Å². The van der Waals surface area contributed by atoms with Gasteiger partial charge in [0, 0.05) is 19.6 Å². The molecule has 0 N–H and O–H groups in total. The van der Waals surface area contributed by atoms with Gasteiger partial charge in [-0.15, -0.1) is 6.58 Å². The van der Waals surface area contributed by atoms with Crippen molar-refractivity contribution in [2.45, 2.75) is 25.6 Å². The molecule has 2 aliphatic heterocycles. The molecule has 2 rings (SSSR count). The third-order valence-corrected chi connectivity index (χ3v) is 3.29.